The van der Waals surface area contributed by atoms with Crippen LogP contribution in [0.25, 0.3) is 11.0 Å². The fraction of sp³-hybridized carbons (Fsp3) is 0.458. The number of aromatic nitrogens is 1. The highest BCUT2D eigenvalue weighted by Gasteiger charge is 2.27. The summed E-state index contributed by atoms with van der Waals surface area (Å²) in [5.74, 6) is -0.337. The normalized spacial score (nSPS) is 17.9. The summed E-state index contributed by atoms with van der Waals surface area (Å²) < 4.78 is 47.0. The molecule has 8 heteroatoms. The molecule has 1 atom stereocenters. The number of fused-ring (bicyclic) bond motifs is 1. The Balaban J connectivity index is 1.28. The van der Waals surface area contributed by atoms with Crippen LogP contribution in [0.5, 0.6) is 0 Å². The van der Waals surface area contributed by atoms with E-state index in [2.05, 4.69) is 35.5 Å². The summed E-state index contributed by atoms with van der Waals surface area (Å²) in [6.45, 7) is 8.69. The standard InChI is InChI=1S/C24H30FN3O3S/c1-24(2,3)17-6-9-20(10-7-17)32(29,30)27-19-12-14-28(16-19)13-4-5-22-21-11-8-18(25)15-23(21)31-26-22/h6-11,15,19,27H,4-5,12-14,16H2,1-3H3. The largest absolute Gasteiger partial charge is 0.356 e. The third-order valence-corrected chi connectivity index (χ3v) is 7.56. The van der Waals surface area contributed by atoms with Crippen LogP contribution in [0.15, 0.2) is 51.9 Å². The number of benzene rings is 2. The first-order valence-corrected chi connectivity index (χ1v) is 12.5. The van der Waals surface area contributed by atoms with Crippen molar-refractivity contribution in [3.8, 4) is 0 Å². The van der Waals surface area contributed by atoms with Gasteiger partial charge in [-0.05, 0) is 67.6 Å². The van der Waals surface area contributed by atoms with Crippen molar-refractivity contribution in [2.24, 2.45) is 0 Å². The molecule has 0 aliphatic carbocycles. The van der Waals surface area contributed by atoms with Crippen LogP contribution in [0.1, 0.15) is 44.9 Å². The Morgan fingerprint density at radius 2 is 1.94 bits per heavy atom. The summed E-state index contributed by atoms with van der Waals surface area (Å²) in [5.41, 5.74) is 2.38. The van der Waals surface area contributed by atoms with Crippen LogP contribution in [-0.4, -0.2) is 44.2 Å². The smallest absolute Gasteiger partial charge is 0.240 e. The average Bonchev–Trinajstić information content (AvgIpc) is 3.33. The summed E-state index contributed by atoms with van der Waals surface area (Å²) >= 11 is 0. The summed E-state index contributed by atoms with van der Waals surface area (Å²) in [5, 5.41) is 4.91. The van der Waals surface area contributed by atoms with Gasteiger partial charge in [0.25, 0.3) is 0 Å². The molecule has 0 amide bonds. The van der Waals surface area contributed by atoms with E-state index < -0.39 is 10.0 Å². The van der Waals surface area contributed by atoms with Gasteiger partial charge < -0.3 is 9.42 Å². The Bertz CT molecular complexity index is 1180. The van der Waals surface area contributed by atoms with Crippen molar-refractivity contribution in [3.63, 3.8) is 0 Å². The van der Waals surface area contributed by atoms with Crippen molar-refractivity contribution in [2.75, 3.05) is 19.6 Å². The first kappa shape index (κ1) is 22.9. The molecule has 0 saturated carbocycles. The quantitative estimate of drug-likeness (QED) is 0.572. The second-order valence-electron chi connectivity index (χ2n) is 9.56. The van der Waals surface area contributed by atoms with Gasteiger partial charge in [0.05, 0.1) is 10.6 Å². The molecule has 32 heavy (non-hydrogen) atoms. The Morgan fingerprint density at radius 3 is 2.66 bits per heavy atom. The fourth-order valence-electron chi connectivity index (χ4n) is 4.17. The number of hydrogen-bond donors (Lipinski definition) is 1. The van der Waals surface area contributed by atoms with Crippen LogP contribution in [0.3, 0.4) is 0 Å². The SMILES string of the molecule is CC(C)(C)c1ccc(S(=O)(=O)NC2CCN(CCCc3noc4cc(F)ccc34)C2)cc1. The molecular formula is C24H30FN3O3S. The second-order valence-corrected chi connectivity index (χ2v) is 11.3. The van der Waals surface area contributed by atoms with Gasteiger partial charge in [-0.2, -0.15) is 0 Å². The number of halogens is 1. The van der Waals surface area contributed by atoms with Gasteiger partial charge in [-0.15, -0.1) is 0 Å². The number of aryl methyl sites for hydroxylation is 1. The third kappa shape index (κ3) is 5.19. The van der Waals surface area contributed by atoms with Gasteiger partial charge in [-0.3, -0.25) is 0 Å². The molecule has 1 fully saturated rings. The van der Waals surface area contributed by atoms with Crippen LogP contribution in [0, 0.1) is 5.82 Å². The molecule has 1 unspecified atom stereocenters. The lowest BCUT2D eigenvalue weighted by Crippen LogP contribution is -2.37. The van der Waals surface area contributed by atoms with E-state index in [0.29, 0.717) is 17.0 Å². The highest BCUT2D eigenvalue weighted by atomic mass is 32.2. The maximum atomic E-state index is 13.3. The van der Waals surface area contributed by atoms with Crippen molar-refractivity contribution in [3.05, 3.63) is 59.5 Å². The minimum Gasteiger partial charge on any atom is -0.356 e. The van der Waals surface area contributed by atoms with Gasteiger partial charge in [-0.25, -0.2) is 17.5 Å². The van der Waals surface area contributed by atoms with Crippen LogP contribution in [-0.2, 0) is 21.9 Å². The monoisotopic (exact) mass is 459 g/mol. The maximum absolute atomic E-state index is 13.3. The Morgan fingerprint density at radius 1 is 1.19 bits per heavy atom. The molecule has 0 radical (unpaired) electrons. The van der Waals surface area contributed by atoms with E-state index in [1.54, 1.807) is 18.2 Å². The first-order valence-electron chi connectivity index (χ1n) is 11.0. The molecule has 6 nitrogen and oxygen atoms in total. The zero-order valence-electron chi connectivity index (χ0n) is 18.8. The number of nitrogens with zero attached hydrogens (tertiary/aromatic N) is 2. The molecule has 2 heterocycles. The molecule has 1 N–H and O–H groups in total. The minimum absolute atomic E-state index is 0.0177. The predicted molar refractivity (Wildman–Crippen MR) is 123 cm³/mol. The molecule has 2 aromatic carbocycles. The lowest BCUT2D eigenvalue weighted by atomic mass is 9.87. The van der Waals surface area contributed by atoms with Gasteiger partial charge in [0, 0.05) is 24.0 Å². The zero-order valence-corrected chi connectivity index (χ0v) is 19.6. The molecule has 172 valence electrons. The van der Waals surface area contributed by atoms with E-state index in [1.165, 1.54) is 12.1 Å². The van der Waals surface area contributed by atoms with Gasteiger partial charge in [0.15, 0.2) is 5.58 Å². The van der Waals surface area contributed by atoms with Crippen molar-refractivity contribution in [1.29, 1.82) is 0 Å². The molecule has 1 aromatic heterocycles. The van der Waals surface area contributed by atoms with Gasteiger partial charge >= 0.3 is 0 Å². The van der Waals surface area contributed by atoms with E-state index in [9.17, 15) is 12.8 Å². The van der Waals surface area contributed by atoms with Crippen molar-refractivity contribution >= 4 is 21.0 Å². The summed E-state index contributed by atoms with van der Waals surface area (Å²) in [4.78, 5) is 2.57. The van der Waals surface area contributed by atoms with Gasteiger partial charge in [0.2, 0.25) is 10.0 Å². The molecular weight excluding hydrogens is 429 g/mol. The average molecular weight is 460 g/mol. The summed E-state index contributed by atoms with van der Waals surface area (Å²) in [7, 11) is -3.54. The highest BCUT2D eigenvalue weighted by Crippen LogP contribution is 2.24. The van der Waals surface area contributed by atoms with E-state index in [0.717, 1.165) is 49.0 Å². The van der Waals surface area contributed by atoms with E-state index in [4.69, 9.17) is 4.52 Å². The third-order valence-electron chi connectivity index (χ3n) is 6.02. The van der Waals surface area contributed by atoms with Crippen LogP contribution < -0.4 is 4.72 Å². The van der Waals surface area contributed by atoms with Crippen LogP contribution in [0.2, 0.25) is 0 Å². The zero-order chi connectivity index (χ0) is 22.9. The Kier molecular flexibility index (Phi) is 6.38. The number of hydrogen-bond acceptors (Lipinski definition) is 5. The maximum Gasteiger partial charge on any atom is 0.240 e. The summed E-state index contributed by atoms with van der Waals surface area (Å²) in [6, 6.07) is 11.5. The van der Waals surface area contributed by atoms with Crippen molar-refractivity contribution < 1.29 is 17.3 Å². The van der Waals surface area contributed by atoms with Gasteiger partial charge in [0.1, 0.15) is 5.82 Å². The van der Waals surface area contributed by atoms with Gasteiger partial charge in [-0.1, -0.05) is 38.1 Å². The molecule has 1 aliphatic rings. The number of nitrogens with one attached hydrogen (secondary N) is 1. The Labute approximate surface area is 188 Å². The predicted octanol–water partition coefficient (Wildman–Crippen LogP) is 4.25. The lowest BCUT2D eigenvalue weighted by molar-refractivity contribution is 0.326. The topological polar surface area (TPSA) is 75.4 Å². The van der Waals surface area contributed by atoms with E-state index in [-0.39, 0.29) is 17.3 Å². The summed E-state index contributed by atoms with van der Waals surface area (Å²) in [6.07, 6.45) is 2.38. The van der Waals surface area contributed by atoms with Crippen molar-refractivity contribution in [1.82, 2.24) is 14.8 Å². The molecule has 0 bridgehead atoms. The number of sulfonamides is 1. The molecule has 4 rings (SSSR count). The molecule has 0 spiro atoms. The van der Waals surface area contributed by atoms with Crippen LogP contribution >= 0.6 is 0 Å². The number of likely N-dealkylation sites (tertiary alicyclic amines) is 1. The second kappa shape index (κ2) is 8.92. The molecule has 3 aromatic rings. The Hall–Kier alpha value is -2.29. The number of rotatable bonds is 7. The fourth-order valence-corrected chi connectivity index (χ4v) is 5.43. The van der Waals surface area contributed by atoms with Crippen LogP contribution in [0.4, 0.5) is 4.39 Å². The van der Waals surface area contributed by atoms with E-state index in [1.807, 2.05) is 12.1 Å². The molecule has 1 aliphatic heterocycles. The molecule has 1 saturated heterocycles. The van der Waals surface area contributed by atoms with E-state index >= 15 is 0 Å². The first-order chi connectivity index (χ1) is 15.1. The highest BCUT2D eigenvalue weighted by molar-refractivity contribution is 7.89. The van der Waals surface area contributed by atoms with Crippen molar-refractivity contribution in [2.45, 2.75) is 56.4 Å². The minimum atomic E-state index is -3.54. The lowest BCUT2D eigenvalue weighted by Gasteiger charge is -2.20.